The molecule has 2 heterocycles. The van der Waals surface area contributed by atoms with E-state index in [2.05, 4.69) is 20.9 Å². The predicted octanol–water partition coefficient (Wildman–Crippen LogP) is 4.94. The van der Waals surface area contributed by atoms with Gasteiger partial charge < -0.3 is 4.98 Å². The minimum absolute atomic E-state index is 0.0289. The Balaban J connectivity index is 2.04. The summed E-state index contributed by atoms with van der Waals surface area (Å²) in [4.78, 5) is 18.6. The number of benzene rings is 2. The largest absolute Gasteiger partial charge is 0.354 e. The van der Waals surface area contributed by atoms with Crippen molar-refractivity contribution < 1.29 is 1.41 Å². The Morgan fingerprint density at radius 3 is 2.48 bits per heavy atom. The van der Waals surface area contributed by atoms with Gasteiger partial charge in [0.15, 0.2) is 6.84 Å². The quantitative estimate of drug-likeness (QED) is 0.536. The average molecular weight is 393 g/mol. The number of rotatable bonds is 3. The maximum atomic E-state index is 13.2. The molecule has 3 nitrogen and oxygen atoms in total. The fraction of sp³-hybridized carbons (Fsp3) is 0.0476. The van der Waals surface area contributed by atoms with E-state index >= 15 is 0 Å². The lowest BCUT2D eigenvalue weighted by Gasteiger charge is -2.12. The zero-order chi connectivity index (χ0) is 18.1. The number of aromatic nitrogens is 2. The summed E-state index contributed by atoms with van der Waals surface area (Å²) in [6.07, 6.45) is 3.89. The van der Waals surface area contributed by atoms with Crippen LogP contribution in [0.15, 0.2) is 82.3 Å². The summed E-state index contributed by atoms with van der Waals surface area (Å²) in [7, 11) is 0. The van der Waals surface area contributed by atoms with Crippen LogP contribution < -0.4 is 5.43 Å². The minimum atomic E-state index is -0.0289. The first-order chi connectivity index (χ1) is 12.6. The van der Waals surface area contributed by atoms with E-state index in [0.717, 1.165) is 15.6 Å². The highest BCUT2D eigenvalue weighted by Crippen LogP contribution is 2.25. The highest BCUT2D eigenvalue weighted by molar-refractivity contribution is 9.10. The molecule has 0 amide bonds. The van der Waals surface area contributed by atoms with Gasteiger partial charge in [-0.3, -0.25) is 9.78 Å². The lowest BCUT2D eigenvalue weighted by molar-refractivity contribution is 1.13. The van der Waals surface area contributed by atoms with Gasteiger partial charge in [-0.1, -0.05) is 40.2 Å². The summed E-state index contributed by atoms with van der Waals surface area (Å²) in [6, 6.07) is 18.8. The summed E-state index contributed by atoms with van der Waals surface area (Å²) < 4.78 is 9.64. The molecule has 25 heavy (non-hydrogen) atoms. The summed E-state index contributed by atoms with van der Waals surface area (Å²) in [5.74, 6) is 0. The van der Waals surface area contributed by atoms with Crippen molar-refractivity contribution in [3.63, 3.8) is 0 Å². The van der Waals surface area contributed by atoms with Crippen LogP contribution in [0, 0.1) is 0 Å². The zero-order valence-electron chi connectivity index (χ0n) is 14.3. The van der Waals surface area contributed by atoms with E-state index in [1.54, 1.807) is 18.5 Å². The molecule has 0 atom stereocenters. The molecule has 0 bridgehead atoms. The average Bonchev–Trinajstić information content (AvgIpc) is 2.68. The van der Waals surface area contributed by atoms with E-state index in [-0.39, 0.29) is 5.43 Å². The molecule has 122 valence electrons. The third-order valence-corrected chi connectivity index (χ3v) is 4.72. The van der Waals surface area contributed by atoms with Crippen molar-refractivity contribution in [2.45, 2.75) is 6.42 Å². The van der Waals surface area contributed by atoms with Gasteiger partial charge in [-0.25, -0.2) is 0 Å². The fourth-order valence-corrected chi connectivity index (χ4v) is 3.20. The van der Waals surface area contributed by atoms with Crippen LogP contribution in [0.1, 0.15) is 11.1 Å². The van der Waals surface area contributed by atoms with Crippen LogP contribution in [0.3, 0.4) is 0 Å². The van der Waals surface area contributed by atoms with Crippen LogP contribution in [0.4, 0.5) is 0 Å². The van der Waals surface area contributed by atoms with Gasteiger partial charge in [0.05, 0.1) is 5.69 Å². The minimum Gasteiger partial charge on any atom is -0.354 e. The van der Waals surface area contributed by atoms with Gasteiger partial charge in [0.1, 0.15) is 0 Å². The summed E-state index contributed by atoms with van der Waals surface area (Å²) >= 11 is 3.44. The second-order valence-electron chi connectivity index (χ2n) is 5.82. The molecule has 0 saturated heterocycles. The number of aromatic amines is 1. The van der Waals surface area contributed by atoms with Crippen molar-refractivity contribution in [3.8, 4) is 11.3 Å². The standard InChI is InChI=1S/C21H15BrN2O/c22-16-7-5-15(6-8-16)20-18(13-14-9-11-23-12-10-14)21(25)17-3-1-2-4-19(17)24-20/h1-12H,13H2,(H,24,25)/i/hT. The summed E-state index contributed by atoms with van der Waals surface area (Å²) in [6.45, 7) is 0. The monoisotopic (exact) mass is 392 g/mol. The molecule has 4 heteroatoms. The maximum absolute atomic E-state index is 13.2. The second kappa shape index (κ2) is 6.65. The molecule has 0 unspecified atom stereocenters. The Morgan fingerprint density at radius 1 is 1.00 bits per heavy atom. The van der Waals surface area contributed by atoms with E-state index < -0.39 is 0 Å². The molecule has 0 radical (unpaired) electrons. The van der Waals surface area contributed by atoms with Crippen LogP contribution in [0.2, 0.25) is 1.41 Å². The first-order valence-electron chi connectivity index (χ1n) is 8.40. The van der Waals surface area contributed by atoms with Gasteiger partial charge in [-0.15, -0.1) is 0 Å². The van der Waals surface area contributed by atoms with Crippen molar-refractivity contribution in [2.75, 3.05) is 0 Å². The Bertz CT molecular complexity index is 1140. The number of pyridine rings is 2. The molecule has 0 saturated carbocycles. The van der Waals surface area contributed by atoms with Crippen LogP contribution in [0.5, 0.6) is 0 Å². The van der Waals surface area contributed by atoms with Crippen molar-refractivity contribution in [2.24, 2.45) is 0 Å². The molecular weight excluding hydrogens is 376 g/mol. The van der Waals surface area contributed by atoms with Crippen molar-refractivity contribution >= 4 is 26.8 Å². The Labute approximate surface area is 155 Å². The number of halogens is 1. The molecule has 0 spiro atoms. The highest BCUT2D eigenvalue weighted by atomic mass is 79.9. The first kappa shape index (κ1) is 14.6. The number of nitrogens with zero attached hydrogens (tertiary/aromatic N) is 1. The third kappa shape index (κ3) is 3.13. The van der Waals surface area contributed by atoms with Crippen LogP contribution in [0.25, 0.3) is 22.2 Å². The van der Waals surface area contributed by atoms with Gasteiger partial charge in [0.2, 0.25) is 0 Å². The van der Waals surface area contributed by atoms with E-state index in [9.17, 15) is 4.79 Å². The predicted molar refractivity (Wildman–Crippen MR) is 105 cm³/mol. The van der Waals surface area contributed by atoms with E-state index in [1.165, 1.54) is 4.98 Å². The number of hydrogen-bond acceptors (Lipinski definition) is 2. The van der Waals surface area contributed by atoms with Crippen LogP contribution in [-0.2, 0) is 6.42 Å². The lowest BCUT2D eigenvalue weighted by Crippen LogP contribution is -2.13. The Hall–Kier alpha value is -2.72. The Kier molecular flexibility index (Phi) is 3.89. The van der Waals surface area contributed by atoms with Crippen molar-refractivity contribution in [1.29, 1.82) is 0 Å². The first-order valence-corrected chi connectivity index (χ1v) is 8.75. The molecule has 2 aromatic heterocycles. The number of hydrogen-bond donors (Lipinski definition) is 1. The topological polar surface area (TPSA) is 45.8 Å². The Morgan fingerprint density at radius 2 is 1.72 bits per heavy atom. The molecule has 0 aliphatic rings. The normalized spacial score (nSPS) is 11.5. The SMILES string of the molecule is [3H]n1c(-c2ccc(Br)cc2)c(Cc2ccncc2)c(=O)c2ccccc21. The van der Waals surface area contributed by atoms with Gasteiger partial charge in [0, 0.05) is 39.8 Å². The van der Waals surface area contributed by atoms with Gasteiger partial charge in [-0.2, -0.15) is 0 Å². The number of nitrogens with one attached hydrogen (secondary N) is 1. The lowest BCUT2D eigenvalue weighted by atomic mass is 9.97. The van der Waals surface area contributed by atoms with Crippen molar-refractivity contribution in [3.05, 3.63) is 98.9 Å². The molecule has 0 aliphatic heterocycles. The van der Waals surface area contributed by atoms with Crippen LogP contribution >= 0.6 is 15.9 Å². The second-order valence-corrected chi connectivity index (χ2v) is 6.74. The maximum Gasteiger partial charge on any atom is 0.193 e. The van der Waals surface area contributed by atoms with Crippen LogP contribution in [-0.4, -0.2) is 9.96 Å². The van der Waals surface area contributed by atoms with Gasteiger partial charge >= 0.3 is 0 Å². The molecule has 4 aromatic rings. The molecule has 1 N–H and O–H groups in total. The number of fused-ring (bicyclic) bond motifs is 1. The van der Waals surface area contributed by atoms with Crippen molar-refractivity contribution in [1.82, 2.24) is 9.96 Å². The fourth-order valence-electron chi connectivity index (χ4n) is 2.94. The number of para-hydroxylation sites is 1. The summed E-state index contributed by atoms with van der Waals surface area (Å²) in [5.41, 5.74) is 3.65. The van der Waals surface area contributed by atoms with Gasteiger partial charge in [0.25, 0.3) is 0 Å². The molecule has 2 aromatic carbocycles. The highest BCUT2D eigenvalue weighted by Gasteiger charge is 2.14. The zero-order valence-corrected chi connectivity index (χ0v) is 14.9. The molecule has 4 rings (SSSR count). The molecule has 0 aliphatic carbocycles. The molecular formula is C21H15BrN2O. The van der Waals surface area contributed by atoms with E-state index in [4.69, 9.17) is 1.41 Å². The molecule has 0 fully saturated rings. The third-order valence-electron chi connectivity index (χ3n) is 4.19. The summed E-state index contributed by atoms with van der Waals surface area (Å²) in [5, 5.41) is 0.562. The smallest absolute Gasteiger partial charge is 0.193 e. The number of H-pyrrole nitrogens is 1. The van der Waals surface area contributed by atoms with E-state index in [0.29, 0.717) is 28.6 Å². The van der Waals surface area contributed by atoms with E-state index in [1.807, 2.05) is 54.6 Å². The van der Waals surface area contributed by atoms with Gasteiger partial charge in [-0.05, 0) is 47.5 Å².